The molecule has 2 saturated heterocycles. The molecule has 4 atom stereocenters. The van der Waals surface area contributed by atoms with E-state index in [0.717, 1.165) is 71.3 Å². The Kier molecular flexibility index (Phi) is 14.1. The predicted octanol–water partition coefficient (Wildman–Crippen LogP) is 7.59. The van der Waals surface area contributed by atoms with E-state index in [2.05, 4.69) is 58.9 Å². The molecule has 0 saturated carbocycles. The van der Waals surface area contributed by atoms with Crippen LogP contribution in [-0.2, 0) is 37.8 Å². The van der Waals surface area contributed by atoms with E-state index in [1.54, 1.807) is 0 Å². The molecule has 0 aromatic heterocycles. The number of unbranched alkanes of at least 4 members (excludes halogenated alkanes) is 2. The summed E-state index contributed by atoms with van der Waals surface area (Å²) in [5, 5.41) is 27.6. The summed E-state index contributed by atoms with van der Waals surface area (Å²) in [5.74, 6) is 0.0433. The summed E-state index contributed by atoms with van der Waals surface area (Å²) in [4.78, 5) is 25.8. The first-order valence-electron chi connectivity index (χ1n) is 19.5. The van der Waals surface area contributed by atoms with E-state index in [1.807, 2.05) is 60.7 Å². The Morgan fingerprint density at radius 2 is 1.55 bits per heavy atom. The maximum atomic E-state index is 12.5. The normalized spacial score (nSPS) is 21.2. The molecule has 0 bridgehead atoms. The molecular formula is C45H54ClN3O6. The fourth-order valence-electron chi connectivity index (χ4n) is 7.57. The average molecular weight is 768 g/mol. The summed E-state index contributed by atoms with van der Waals surface area (Å²) < 4.78 is 13.5. The number of hydrogen-bond donors (Lipinski definition) is 4. The van der Waals surface area contributed by atoms with Crippen molar-refractivity contribution < 1.29 is 29.3 Å². The topological polar surface area (TPSA) is 120 Å². The largest absolute Gasteiger partial charge is 0.392 e. The summed E-state index contributed by atoms with van der Waals surface area (Å²) in [6.45, 7) is 6.96. The van der Waals surface area contributed by atoms with Crippen LogP contribution in [0.1, 0.15) is 92.6 Å². The number of carbonyl (C=O) groups excluding carboxylic acids is 2. The molecular weight excluding hydrogens is 714 g/mol. The molecule has 2 heterocycles. The number of aliphatic hydroxyl groups is 2. The van der Waals surface area contributed by atoms with Gasteiger partial charge in [0.05, 0.1) is 24.4 Å². The van der Waals surface area contributed by atoms with Gasteiger partial charge in [-0.15, -0.1) is 0 Å². The zero-order valence-electron chi connectivity index (χ0n) is 31.9. The van der Waals surface area contributed by atoms with Crippen LogP contribution in [0.25, 0.3) is 11.1 Å². The average Bonchev–Trinajstić information content (AvgIpc) is 3.20. The van der Waals surface area contributed by atoms with Crippen molar-refractivity contribution in [1.82, 2.24) is 15.5 Å². The van der Waals surface area contributed by atoms with Gasteiger partial charge < -0.3 is 35.2 Å². The maximum absolute atomic E-state index is 12.5. The van der Waals surface area contributed by atoms with Crippen molar-refractivity contribution in [2.75, 3.05) is 26.2 Å². The zero-order chi connectivity index (χ0) is 38.8. The quantitative estimate of drug-likeness (QED) is 0.0921. The molecule has 4 N–H and O–H groups in total. The number of nitrogens with one attached hydrogen (secondary N) is 2. The van der Waals surface area contributed by atoms with Crippen LogP contribution in [0.2, 0.25) is 5.02 Å². The van der Waals surface area contributed by atoms with Crippen LogP contribution in [0, 0.1) is 5.92 Å². The van der Waals surface area contributed by atoms with E-state index >= 15 is 0 Å². The van der Waals surface area contributed by atoms with E-state index in [9.17, 15) is 19.8 Å². The minimum Gasteiger partial charge on any atom is -0.392 e. The van der Waals surface area contributed by atoms with Gasteiger partial charge in [-0.1, -0.05) is 104 Å². The molecule has 4 aromatic carbocycles. The third-order valence-corrected chi connectivity index (χ3v) is 11.3. The first kappa shape index (κ1) is 40.6. The standard InChI is InChI=1S/C45H54ClN3O6/c1-31-41(29-49-25-22-45(53,23-26-49)39-18-20-40(46)21-19-39)54-44(55-43(31)36-12-10-33(30-50)11-13-36)37-16-14-35(15-17-37)38-8-6-7-34(27-38)28-48-42(52)9-4-3-5-24-47-32(2)51/h6-8,10-21,27,31,41,43-44,50,53H,3-5,9,22-26,28-30H2,1-2H3,(H,47,51)(H,48,52)/t31-,41+,43+,44+/m0/s1. The highest BCUT2D eigenvalue weighted by Crippen LogP contribution is 2.43. The smallest absolute Gasteiger partial charge is 0.220 e. The van der Waals surface area contributed by atoms with Gasteiger partial charge in [-0.3, -0.25) is 9.59 Å². The van der Waals surface area contributed by atoms with Crippen molar-refractivity contribution >= 4 is 23.4 Å². The van der Waals surface area contributed by atoms with Gasteiger partial charge in [0.2, 0.25) is 11.8 Å². The second-order valence-corrected chi connectivity index (χ2v) is 15.5. The molecule has 9 nitrogen and oxygen atoms in total. The number of benzene rings is 4. The summed E-state index contributed by atoms with van der Waals surface area (Å²) >= 11 is 6.11. The highest BCUT2D eigenvalue weighted by atomic mass is 35.5. The lowest BCUT2D eigenvalue weighted by atomic mass is 9.84. The second-order valence-electron chi connectivity index (χ2n) is 15.1. The van der Waals surface area contributed by atoms with Gasteiger partial charge in [0.25, 0.3) is 0 Å². The molecule has 2 aliphatic rings. The van der Waals surface area contributed by atoms with Gasteiger partial charge in [0.1, 0.15) is 0 Å². The van der Waals surface area contributed by atoms with Crippen LogP contribution in [0.4, 0.5) is 0 Å². The number of piperidine rings is 1. The molecule has 0 radical (unpaired) electrons. The van der Waals surface area contributed by atoms with E-state index in [1.165, 1.54) is 6.92 Å². The Labute approximate surface area is 330 Å². The molecule has 6 rings (SSSR count). The third kappa shape index (κ3) is 11.0. The highest BCUT2D eigenvalue weighted by Gasteiger charge is 2.41. The van der Waals surface area contributed by atoms with E-state index in [-0.39, 0.29) is 36.5 Å². The zero-order valence-corrected chi connectivity index (χ0v) is 32.6. The molecule has 0 unspecified atom stereocenters. The Balaban J connectivity index is 1.09. The Hall–Kier alpha value is -4.09. The van der Waals surface area contributed by atoms with Crippen LogP contribution in [0.3, 0.4) is 0 Å². The number of rotatable bonds is 15. The fourth-order valence-corrected chi connectivity index (χ4v) is 7.70. The third-order valence-electron chi connectivity index (χ3n) is 11.0. The highest BCUT2D eigenvalue weighted by molar-refractivity contribution is 6.30. The van der Waals surface area contributed by atoms with Gasteiger partial charge >= 0.3 is 0 Å². The minimum atomic E-state index is -0.880. The molecule has 0 spiro atoms. The van der Waals surface area contributed by atoms with E-state index < -0.39 is 11.9 Å². The lowest BCUT2D eigenvalue weighted by Crippen LogP contribution is -2.49. The number of likely N-dealkylation sites (tertiary alicyclic amines) is 1. The van der Waals surface area contributed by atoms with Gasteiger partial charge in [-0.25, -0.2) is 0 Å². The predicted molar refractivity (Wildman–Crippen MR) is 215 cm³/mol. The Morgan fingerprint density at radius 3 is 2.24 bits per heavy atom. The maximum Gasteiger partial charge on any atom is 0.220 e. The number of nitrogens with zero attached hydrogens (tertiary/aromatic N) is 1. The first-order valence-corrected chi connectivity index (χ1v) is 19.9. The van der Waals surface area contributed by atoms with Crippen molar-refractivity contribution in [2.45, 2.75) is 89.6 Å². The van der Waals surface area contributed by atoms with Crippen molar-refractivity contribution in [3.63, 3.8) is 0 Å². The summed E-state index contributed by atoms with van der Waals surface area (Å²) in [5.41, 5.74) is 5.97. The van der Waals surface area contributed by atoms with E-state index in [4.69, 9.17) is 21.1 Å². The molecule has 2 amide bonds. The summed E-state index contributed by atoms with van der Waals surface area (Å²) in [7, 11) is 0. The van der Waals surface area contributed by atoms with Crippen molar-refractivity contribution in [3.05, 3.63) is 130 Å². The van der Waals surface area contributed by atoms with Crippen LogP contribution in [-0.4, -0.2) is 59.2 Å². The van der Waals surface area contributed by atoms with Crippen LogP contribution in [0.15, 0.2) is 97.1 Å². The number of carbonyl (C=O) groups is 2. The fraction of sp³-hybridized carbons (Fsp3) is 0.422. The van der Waals surface area contributed by atoms with Gasteiger partial charge in [-0.05, 0) is 77.3 Å². The Morgan fingerprint density at radius 1 is 0.836 bits per heavy atom. The summed E-state index contributed by atoms with van der Waals surface area (Å²) in [6, 6.07) is 32.0. The van der Waals surface area contributed by atoms with E-state index in [0.29, 0.717) is 43.9 Å². The Bertz CT molecular complexity index is 1840. The van der Waals surface area contributed by atoms with Crippen LogP contribution in [0.5, 0.6) is 0 Å². The molecule has 2 aliphatic heterocycles. The van der Waals surface area contributed by atoms with Crippen LogP contribution >= 0.6 is 11.6 Å². The number of halogens is 1. The van der Waals surface area contributed by atoms with Gasteiger partial charge in [-0.2, -0.15) is 0 Å². The molecule has 10 heteroatoms. The SMILES string of the molecule is CC(=O)NCCCCCC(=O)NCc1cccc(-c2ccc([C@@H]3O[C@H](CN4CCC(O)(c5ccc(Cl)cc5)CC4)[C@H](C)[C@H](c4ccc(CO)cc4)O3)cc2)c1. The van der Waals surface area contributed by atoms with Crippen molar-refractivity contribution in [3.8, 4) is 11.1 Å². The summed E-state index contributed by atoms with van der Waals surface area (Å²) in [6.07, 6.45) is 3.33. The lowest BCUT2D eigenvalue weighted by Gasteiger charge is -2.45. The first-order chi connectivity index (χ1) is 26.6. The molecule has 4 aromatic rings. The number of aliphatic hydroxyl groups excluding tert-OH is 1. The minimum absolute atomic E-state index is 0.0139. The van der Waals surface area contributed by atoms with Crippen molar-refractivity contribution in [1.29, 1.82) is 0 Å². The number of hydrogen-bond acceptors (Lipinski definition) is 7. The second kappa shape index (κ2) is 19.2. The molecule has 0 aliphatic carbocycles. The number of ether oxygens (including phenoxy) is 2. The lowest BCUT2D eigenvalue weighted by molar-refractivity contribution is -0.277. The van der Waals surface area contributed by atoms with Gasteiger partial charge in [0, 0.05) is 62.6 Å². The van der Waals surface area contributed by atoms with Crippen molar-refractivity contribution in [2.24, 2.45) is 5.92 Å². The molecule has 2 fully saturated rings. The molecule has 292 valence electrons. The van der Waals surface area contributed by atoms with Gasteiger partial charge in [0.15, 0.2) is 6.29 Å². The number of amides is 2. The molecule has 55 heavy (non-hydrogen) atoms. The van der Waals surface area contributed by atoms with Crippen LogP contribution < -0.4 is 10.6 Å². The monoisotopic (exact) mass is 767 g/mol.